The van der Waals surface area contributed by atoms with E-state index in [0.717, 1.165) is 23.4 Å². The van der Waals surface area contributed by atoms with E-state index in [1.165, 1.54) is 0 Å². The Kier molecular flexibility index (Phi) is 2.88. The lowest BCUT2D eigenvalue weighted by Crippen LogP contribution is -2.00. The van der Waals surface area contributed by atoms with Crippen LogP contribution in [0.15, 0.2) is 24.4 Å². The first-order valence-corrected chi connectivity index (χ1v) is 6.31. The Morgan fingerprint density at radius 2 is 2.05 bits per heavy atom. The third-order valence-electron chi connectivity index (χ3n) is 3.10. The number of nitrogens with zero attached hydrogens (tertiary/aromatic N) is 6. The van der Waals surface area contributed by atoms with E-state index in [9.17, 15) is 0 Å². The maximum absolute atomic E-state index is 9.01. The van der Waals surface area contributed by atoms with Gasteiger partial charge in [0.25, 0.3) is 0 Å². The highest BCUT2D eigenvalue weighted by atomic mass is 15.2. The quantitative estimate of drug-likeness (QED) is 0.706. The summed E-state index contributed by atoms with van der Waals surface area (Å²) < 4.78 is 1.81. The summed E-state index contributed by atoms with van der Waals surface area (Å²) in [5.74, 6) is 0.687. The lowest BCUT2D eigenvalue weighted by molar-refractivity contribution is 0.890. The number of hydrogen-bond donors (Lipinski definition) is 0. The highest BCUT2D eigenvalue weighted by Gasteiger charge is 2.14. The van der Waals surface area contributed by atoms with Crippen LogP contribution in [0.2, 0.25) is 0 Å². The lowest BCUT2D eigenvalue weighted by atomic mass is 10.1. The summed E-state index contributed by atoms with van der Waals surface area (Å²) in [4.78, 5) is 0. The second-order valence-corrected chi connectivity index (χ2v) is 4.48. The van der Waals surface area contributed by atoms with Crippen molar-refractivity contribution in [3.8, 4) is 17.5 Å². The summed E-state index contributed by atoms with van der Waals surface area (Å²) in [6, 6.07) is 7.58. The molecule has 0 amide bonds. The molecule has 0 bridgehead atoms. The fraction of sp³-hybridized carbons (Fsp3) is 0.214. The van der Waals surface area contributed by atoms with Crippen LogP contribution in [0, 0.1) is 18.3 Å². The molecule has 0 aliphatic rings. The van der Waals surface area contributed by atoms with E-state index in [0.29, 0.717) is 17.0 Å². The molecule has 3 aromatic heterocycles. The van der Waals surface area contributed by atoms with E-state index in [1.54, 1.807) is 18.3 Å². The van der Waals surface area contributed by atoms with E-state index in [2.05, 4.69) is 26.5 Å². The molecule has 6 heteroatoms. The van der Waals surface area contributed by atoms with Crippen molar-refractivity contribution in [2.24, 2.45) is 0 Å². The molecule has 3 heterocycles. The zero-order chi connectivity index (χ0) is 14.1. The predicted octanol–water partition coefficient (Wildman–Crippen LogP) is 1.93. The number of aryl methyl sites for hydroxylation is 2. The van der Waals surface area contributed by atoms with Gasteiger partial charge in [0, 0.05) is 11.8 Å². The summed E-state index contributed by atoms with van der Waals surface area (Å²) in [5, 5.41) is 25.7. The van der Waals surface area contributed by atoms with Gasteiger partial charge in [0.1, 0.15) is 6.07 Å². The van der Waals surface area contributed by atoms with Gasteiger partial charge < -0.3 is 0 Å². The van der Waals surface area contributed by atoms with Gasteiger partial charge in [0.05, 0.1) is 17.0 Å². The number of fused-ring (bicyclic) bond motifs is 1. The largest absolute Gasteiger partial charge is 0.281 e. The molecule has 0 spiro atoms. The highest BCUT2D eigenvalue weighted by molar-refractivity contribution is 5.62. The van der Waals surface area contributed by atoms with Crippen LogP contribution in [0.3, 0.4) is 0 Å². The van der Waals surface area contributed by atoms with Crippen molar-refractivity contribution in [1.82, 2.24) is 24.8 Å². The molecule has 0 aromatic carbocycles. The van der Waals surface area contributed by atoms with E-state index < -0.39 is 0 Å². The normalized spacial score (nSPS) is 10.7. The molecule has 0 N–H and O–H groups in total. The number of rotatable bonds is 2. The van der Waals surface area contributed by atoms with Gasteiger partial charge in [0.2, 0.25) is 0 Å². The number of nitriles is 1. The topological polar surface area (TPSA) is 79.8 Å². The third-order valence-corrected chi connectivity index (χ3v) is 3.10. The molecule has 0 saturated heterocycles. The first-order valence-electron chi connectivity index (χ1n) is 6.31. The second kappa shape index (κ2) is 4.70. The Labute approximate surface area is 115 Å². The first kappa shape index (κ1) is 12.2. The van der Waals surface area contributed by atoms with Crippen LogP contribution >= 0.6 is 0 Å². The van der Waals surface area contributed by atoms with Gasteiger partial charge in [-0.2, -0.15) is 15.5 Å². The Hall–Kier alpha value is -2.81. The fourth-order valence-electron chi connectivity index (χ4n) is 2.11. The molecule has 0 radical (unpaired) electrons. The molecule has 6 nitrogen and oxygen atoms in total. The van der Waals surface area contributed by atoms with Crippen molar-refractivity contribution < 1.29 is 0 Å². The zero-order valence-electron chi connectivity index (χ0n) is 11.2. The fourth-order valence-corrected chi connectivity index (χ4v) is 2.11. The van der Waals surface area contributed by atoms with Crippen molar-refractivity contribution in [1.29, 1.82) is 5.26 Å². The summed E-state index contributed by atoms with van der Waals surface area (Å²) in [6.07, 6.45) is 2.50. The maximum Gasteiger partial charge on any atom is 0.170 e. The van der Waals surface area contributed by atoms with Gasteiger partial charge in [-0.1, -0.05) is 6.92 Å². The van der Waals surface area contributed by atoms with E-state index in [-0.39, 0.29) is 0 Å². The Balaban J connectivity index is 2.29. The molecular formula is C14H12N6. The van der Waals surface area contributed by atoms with Crippen LogP contribution in [0.4, 0.5) is 0 Å². The van der Waals surface area contributed by atoms with Crippen LogP contribution in [0.25, 0.3) is 17.0 Å². The molecule has 0 unspecified atom stereocenters. The Morgan fingerprint density at radius 3 is 2.80 bits per heavy atom. The van der Waals surface area contributed by atoms with Crippen LogP contribution in [-0.2, 0) is 6.42 Å². The Morgan fingerprint density at radius 1 is 1.20 bits per heavy atom. The molecule has 3 aromatic rings. The summed E-state index contributed by atoms with van der Waals surface area (Å²) in [5.41, 5.74) is 3.87. The van der Waals surface area contributed by atoms with Crippen molar-refractivity contribution in [2.75, 3.05) is 0 Å². The lowest BCUT2D eigenvalue weighted by Gasteiger charge is -2.05. The van der Waals surface area contributed by atoms with Crippen LogP contribution in [0.5, 0.6) is 0 Å². The highest BCUT2D eigenvalue weighted by Crippen LogP contribution is 2.22. The van der Waals surface area contributed by atoms with Gasteiger partial charge in [-0.25, -0.2) is 0 Å². The Bertz CT molecular complexity index is 827. The standard InChI is InChI=1S/C14H12N6/c1-3-12-11(6-9(2)16-17-12)14-19-18-13-5-4-10(7-15)8-20(13)14/h4-6,8H,3H2,1-2H3. The average Bonchev–Trinajstić information content (AvgIpc) is 2.89. The molecule has 0 atom stereocenters. The minimum absolute atomic E-state index is 0.565. The number of pyridine rings is 1. The van der Waals surface area contributed by atoms with Crippen LogP contribution in [-0.4, -0.2) is 24.8 Å². The molecular weight excluding hydrogens is 252 g/mol. The zero-order valence-corrected chi connectivity index (χ0v) is 11.2. The smallest absolute Gasteiger partial charge is 0.170 e. The minimum atomic E-state index is 0.565. The van der Waals surface area contributed by atoms with Gasteiger partial charge in [-0.15, -0.1) is 10.2 Å². The van der Waals surface area contributed by atoms with Gasteiger partial charge in [-0.3, -0.25) is 4.40 Å². The van der Waals surface area contributed by atoms with Crippen molar-refractivity contribution in [2.45, 2.75) is 20.3 Å². The number of aromatic nitrogens is 5. The summed E-state index contributed by atoms with van der Waals surface area (Å²) >= 11 is 0. The third kappa shape index (κ3) is 1.89. The van der Waals surface area contributed by atoms with Gasteiger partial charge >= 0.3 is 0 Å². The molecule has 3 rings (SSSR count). The number of hydrogen-bond acceptors (Lipinski definition) is 5. The monoisotopic (exact) mass is 264 g/mol. The maximum atomic E-state index is 9.01. The van der Waals surface area contributed by atoms with Gasteiger partial charge in [0.15, 0.2) is 11.5 Å². The van der Waals surface area contributed by atoms with Gasteiger partial charge in [-0.05, 0) is 31.5 Å². The molecule has 0 aliphatic heterocycles. The second-order valence-electron chi connectivity index (χ2n) is 4.48. The molecule has 0 fully saturated rings. The van der Waals surface area contributed by atoms with Crippen molar-refractivity contribution in [3.63, 3.8) is 0 Å². The summed E-state index contributed by atoms with van der Waals surface area (Å²) in [7, 11) is 0. The first-order chi connectivity index (χ1) is 9.72. The van der Waals surface area contributed by atoms with E-state index in [4.69, 9.17) is 5.26 Å². The van der Waals surface area contributed by atoms with E-state index >= 15 is 0 Å². The van der Waals surface area contributed by atoms with Crippen LogP contribution < -0.4 is 0 Å². The van der Waals surface area contributed by atoms with E-state index in [1.807, 2.05) is 24.3 Å². The van der Waals surface area contributed by atoms with Crippen molar-refractivity contribution in [3.05, 3.63) is 41.3 Å². The average molecular weight is 264 g/mol. The minimum Gasteiger partial charge on any atom is -0.281 e. The molecule has 98 valence electrons. The van der Waals surface area contributed by atoms with Crippen LogP contribution in [0.1, 0.15) is 23.9 Å². The van der Waals surface area contributed by atoms with Crippen molar-refractivity contribution >= 4 is 5.65 Å². The summed E-state index contributed by atoms with van der Waals surface area (Å²) in [6.45, 7) is 3.91. The molecule has 20 heavy (non-hydrogen) atoms. The SMILES string of the molecule is CCc1nnc(C)cc1-c1nnc2ccc(C#N)cn12. The molecule has 0 aliphatic carbocycles. The predicted molar refractivity (Wildman–Crippen MR) is 72.8 cm³/mol. The molecule has 0 saturated carbocycles.